The van der Waals surface area contributed by atoms with Gasteiger partial charge in [0.2, 0.25) is 16.2 Å². The van der Waals surface area contributed by atoms with Crippen LogP contribution in [0.4, 0.5) is 16.1 Å². The first kappa shape index (κ1) is 20.2. The molecule has 0 spiro atoms. The van der Waals surface area contributed by atoms with Crippen LogP contribution in [-0.2, 0) is 9.53 Å². The summed E-state index contributed by atoms with van der Waals surface area (Å²) in [6.07, 6.45) is 2.63. The van der Waals surface area contributed by atoms with Crippen molar-refractivity contribution in [1.82, 2.24) is 20.4 Å². The topological polar surface area (TPSA) is 105 Å². The molecule has 30 heavy (non-hydrogen) atoms. The summed E-state index contributed by atoms with van der Waals surface area (Å²) in [5.74, 6) is 0.296. The number of rotatable bonds is 8. The Morgan fingerprint density at radius 2 is 2.03 bits per heavy atom. The maximum atomic E-state index is 12.8. The molecular formula is C20H23N7O2S. The van der Waals surface area contributed by atoms with E-state index in [9.17, 15) is 4.79 Å². The molecule has 0 aliphatic carbocycles. The SMILES string of the molecule is COC[C@H](C(=O)Nc1nnc(N[C@@H]2CCN(c3cccnn3)C2)s1)c1ccccc1. The molecule has 1 fully saturated rings. The summed E-state index contributed by atoms with van der Waals surface area (Å²) in [6.45, 7) is 2.00. The van der Waals surface area contributed by atoms with Gasteiger partial charge in [-0.15, -0.1) is 15.3 Å². The van der Waals surface area contributed by atoms with Crippen molar-refractivity contribution in [3.63, 3.8) is 0 Å². The van der Waals surface area contributed by atoms with Gasteiger partial charge in [-0.2, -0.15) is 5.10 Å². The fourth-order valence-corrected chi connectivity index (χ4v) is 4.15. The monoisotopic (exact) mass is 425 g/mol. The zero-order valence-electron chi connectivity index (χ0n) is 16.6. The second-order valence-electron chi connectivity index (χ2n) is 6.98. The maximum absolute atomic E-state index is 12.8. The fourth-order valence-electron chi connectivity index (χ4n) is 3.42. The minimum Gasteiger partial charge on any atom is -0.384 e. The van der Waals surface area contributed by atoms with Crippen LogP contribution in [0.5, 0.6) is 0 Å². The number of hydrogen-bond donors (Lipinski definition) is 2. The lowest BCUT2D eigenvalue weighted by atomic mass is 9.99. The van der Waals surface area contributed by atoms with Crippen molar-refractivity contribution >= 4 is 33.3 Å². The van der Waals surface area contributed by atoms with E-state index >= 15 is 0 Å². The molecule has 10 heteroatoms. The van der Waals surface area contributed by atoms with Gasteiger partial charge in [0.25, 0.3) is 0 Å². The predicted molar refractivity (Wildman–Crippen MR) is 116 cm³/mol. The van der Waals surface area contributed by atoms with Gasteiger partial charge < -0.3 is 15.0 Å². The standard InChI is InChI=1S/C20H23N7O2S/c1-29-13-16(14-6-3-2-4-7-14)18(28)23-20-26-25-19(30-20)22-15-9-11-27(12-15)17-8-5-10-21-24-17/h2-8,10,15-16H,9,11-13H2,1H3,(H,22,25)(H,23,26,28)/t15-,16+/m1/s1. The Kier molecular flexibility index (Phi) is 6.45. The van der Waals surface area contributed by atoms with Crippen LogP contribution in [0.2, 0.25) is 0 Å². The lowest BCUT2D eigenvalue weighted by Crippen LogP contribution is -2.26. The van der Waals surface area contributed by atoms with Gasteiger partial charge in [0, 0.05) is 32.4 Å². The van der Waals surface area contributed by atoms with E-state index < -0.39 is 5.92 Å². The Labute approximate surface area is 178 Å². The van der Waals surface area contributed by atoms with Gasteiger partial charge in [0.1, 0.15) is 0 Å². The molecule has 4 rings (SSSR count). The minimum absolute atomic E-state index is 0.166. The maximum Gasteiger partial charge on any atom is 0.236 e. The Morgan fingerprint density at radius 3 is 2.80 bits per heavy atom. The number of carbonyl (C=O) groups excluding carboxylic acids is 1. The average Bonchev–Trinajstić information content (AvgIpc) is 3.43. The molecule has 0 saturated carbocycles. The first-order valence-electron chi connectivity index (χ1n) is 9.70. The Morgan fingerprint density at radius 1 is 1.20 bits per heavy atom. The second-order valence-corrected chi connectivity index (χ2v) is 7.96. The molecule has 3 aromatic rings. The summed E-state index contributed by atoms with van der Waals surface area (Å²) >= 11 is 1.32. The minimum atomic E-state index is -0.410. The Balaban J connectivity index is 1.34. The largest absolute Gasteiger partial charge is 0.384 e. The van der Waals surface area contributed by atoms with Gasteiger partial charge in [0.05, 0.1) is 12.5 Å². The van der Waals surface area contributed by atoms with Gasteiger partial charge in [-0.05, 0) is 24.1 Å². The van der Waals surface area contributed by atoms with Gasteiger partial charge in [-0.1, -0.05) is 41.7 Å². The smallest absolute Gasteiger partial charge is 0.236 e. The highest BCUT2D eigenvalue weighted by molar-refractivity contribution is 7.19. The van der Waals surface area contributed by atoms with E-state index in [-0.39, 0.29) is 11.9 Å². The third-order valence-electron chi connectivity index (χ3n) is 4.90. The van der Waals surface area contributed by atoms with E-state index in [2.05, 4.69) is 35.9 Å². The number of carbonyl (C=O) groups is 1. The number of hydrogen-bond acceptors (Lipinski definition) is 9. The van der Waals surface area contributed by atoms with Crippen LogP contribution < -0.4 is 15.5 Å². The lowest BCUT2D eigenvalue weighted by Gasteiger charge is -2.16. The van der Waals surface area contributed by atoms with E-state index in [1.54, 1.807) is 13.3 Å². The van der Waals surface area contributed by atoms with Crippen molar-refractivity contribution in [2.24, 2.45) is 0 Å². The highest BCUT2D eigenvalue weighted by Gasteiger charge is 2.25. The molecule has 0 bridgehead atoms. The molecule has 0 unspecified atom stereocenters. The van der Waals surface area contributed by atoms with Crippen molar-refractivity contribution in [1.29, 1.82) is 0 Å². The van der Waals surface area contributed by atoms with Crippen molar-refractivity contribution < 1.29 is 9.53 Å². The number of aromatic nitrogens is 4. The summed E-state index contributed by atoms with van der Waals surface area (Å²) in [4.78, 5) is 14.9. The van der Waals surface area contributed by atoms with Crippen molar-refractivity contribution in [2.45, 2.75) is 18.4 Å². The van der Waals surface area contributed by atoms with Crippen molar-refractivity contribution in [3.8, 4) is 0 Å². The van der Waals surface area contributed by atoms with Gasteiger partial charge in [0.15, 0.2) is 5.82 Å². The molecule has 1 aromatic carbocycles. The molecule has 0 radical (unpaired) electrons. The predicted octanol–water partition coefficient (Wildman–Crippen LogP) is 2.39. The summed E-state index contributed by atoms with van der Waals surface area (Å²) in [5, 5.41) is 23.8. The summed E-state index contributed by atoms with van der Waals surface area (Å²) in [5.41, 5.74) is 0.898. The lowest BCUT2D eigenvalue weighted by molar-refractivity contribution is -0.118. The van der Waals surface area contributed by atoms with Crippen LogP contribution >= 0.6 is 11.3 Å². The van der Waals surface area contributed by atoms with E-state index in [0.717, 1.165) is 30.9 Å². The molecule has 9 nitrogen and oxygen atoms in total. The van der Waals surface area contributed by atoms with Crippen LogP contribution in [0, 0.1) is 0 Å². The van der Waals surface area contributed by atoms with Gasteiger partial charge in [-0.3, -0.25) is 10.1 Å². The zero-order valence-corrected chi connectivity index (χ0v) is 17.4. The molecule has 1 aliphatic rings. The molecule has 1 saturated heterocycles. The van der Waals surface area contributed by atoms with Crippen LogP contribution in [0.15, 0.2) is 48.7 Å². The number of nitrogens with one attached hydrogen (secondary N) is 2. The zero-order chi connectivity index (χ0) is 20.8. The molecule has 2 aromatic heterocycles. The fraction of sp³-hybridized carbons (Fsp3) is 0.350. The molecule has 2 atom stereocenters. The van der Waals surface area contributed by atoms with Gasteiger partial charge >= 0.3 is 0 Å². The average molecular weight is 426 g/mol. The molecular weight excluding hydrogens is 402 g/mol. The molecule has 1 aliphatic heterocycles. The number of methoxy groups -OCH3 is 1. The summed E-state index contributed by atoms with van der Waals surface area (Å²) < 4.78 is 5.24. The normalized spacial score (nSPS) is 17.0. The third-order valence-corrected chi connectivity index (χ3v) is 5.67. The first-order valence-corrected chi connectivity index (χ1v) is 10.5. The molecule has 3 heterocycles. The second kappa shape index (κ2) is 9.59. The number of ether oxygens (including phenoxy) is 1. The van der Waals surface area contributed by atoms with E-state index in [4.69, 9.17) is 4.74 Å². The van der Waals surface area contributed by atoms with Crippen LogP contribution in [0.25, 0.3) is 0 Å². The van der Waals surface area contributed by atoms with Crippen LogP contribution in [0.1, 0.15) is 17.9 Å². The summed E-state index contributed by atoms with van der Waals surface area (Å²) in [6, 6.07) is 13.6. The van der Waals surface area contributed by atoms with Crippen LogP contribution in [0.3, 0.4) is 0 Å². The molecule has 1 amide bonds. The van der Waals surface area contributed by atoms with Crippen molar-refractivity contribution in [2.75, 3.05) is 42.3 Å². The highest BCUT2D eigenvalue weighted by atomic mass is 32.1. The number of anilines is 3. The number of benzene rings is 1. The van der Waals surface area contributed by atoms with E-state index in [0.29, 0.717) is 16.9 Å². The number of amides is 1. The third kappa shape index (κ3) is 4.89. The number of nitrogens with zero attached hydrogens (tertiary/aromatic N) is 5. The quantitative estimate of drug-likeness (QED) is 0.567. The summed E-state index contributed by atoms with van der Waals surface area (Å²) in [7, 11) is 1.59. The molecule has 156 valence electrons. The molecule has 2 N–H and O–H groups in total. The van der Waals surface area contributed by atoms with Crippen molar-refractivity contribution in [3.05, 3.63) is 54.2 Å². The van der Waals surface area contributed by atoms with E-state index in [1.165, 1.54) is 11.3 Å². The highest BCUT2D eigenvalue weighted by Crippen LogP contribution is 2.26. The Bertz CT molecular complexity index is 954. The van der Waals surface area contributed by atoms with Crippen LogP contribution in [-0.4, -0.2) is 59.1 Å². The Hall–Kier alpha value is -3.11. The van der Waals surface area contributed by atoms with E-state index in [1.807, 2.05) is 42.5 Å². The van der Waals surface area contributed by atoms with Gasteiger partial charge in [-0.25, -0.2) is 0 Å². The first-order chi connectivity index (χ1) is 14.7.